The second-order valence-corrected chi connectivity index (χ2v) is 3.96. The maximum absolute atomic E-state index is 11.5. The van der Waals surface area contributed by atoms with Crippen LogP contribution in [-0.4, -0.2) is 32.8 Å². The average Bonchev–Trinajstić information content (AvgIpc) is 2.83. The lowest BCUT2D eigenvalue weighted by Gasteiger charge is -1.99. The number of hydrogen-bond donors (Lipinski definition) is 1. The zero-order valence-electron chi connectivity index (χ0n) is 8.67. The van der Waals surface area contributed by atoms with Crippen LogP contribution in [0.3, 0.4) is 0 Å². The van der Waals surface area contributed by atoms with Gasteiger partial charge >= 0.3 is 5.97 Å². The van der Waals surface area contributed by atoms with Crippen LogP contribution in [-0.2, 0) is 11.8 Å². The number of methoxy groups -OCH3 is 1. The number of ether oxygens (including phenoxy) is 1. The van der Waals surface area contributed by atoms with Crippen molar-refractivity contribution in [2.45, 2.75) is 0 Å². The number of nitrogen functional groups attached to an aromatic ring is 1. The molecular formula is C8H9N5O2S. The van der Waals surface area contributed by atoms with E-state index in [9.17, 15) is 4.79 Å². The fraction of sp³-hybridized carbons (Fsp3) is 0.250. The van der Waals surface area contributed by atoms with Crippen LogP contribution in [0.4, 0.5) is 5.13 Å². The fourth-order valence-electron chi connectivity index (χ4n) is 1.23. The highest BCUT2D eigenvalue weighted by Gasteiger charge is 2.22. The second kappa shape index (κ2) is 3.89. The highest BCUT2D eigenvalue weighted by atomic mass is 32.1. The van der Waals surface area contributed by atoms with E-state index in [1.54, 1.807) is 7.05 Å². The third-order valence-electron chi connectivity index (χ3n) is 1.94. The highest BCUT2D eigenvalue weighted by Crippen LogP contribution is 2.28. The van der Waals surface area contributed by atoms with Crippen LogP contribution in [0.25, 0.3) is 11.5 Å². The standard InChI is InChI=1S/C8H9N5O2S/c1-13-6(10-3-11-13)4-5(7(14)15-2)16-8(9)12-4/h3H,1-2H3,(H2,9,12). The monoisotopic (exact) mass is 239 g/mol. The molecule has 0 fully saturated rings. The molecule has 7 nitrogen and oxygen atoms in total. The highest BCUT2D eigenvalue weighted by molar-refractivity contribution is 7.17. The van der Waals surface area contributed by atoms with Gasteiger partial charge in [0, 0.05) is 7.05 Å². The van der Waals surface area contributed by atoms with Crippen molar-refractivity contribution in [2.75, 3.05) is 12.8 Å². The van der Waals surface area contributed by atoms with Gasteiger partial charge in [0.15, 0.2) is 11.0 Å². The summed E-state index contributed by atoms with van der Waals surface area (Å²) in [6.45, 7) is 0. The van der Waals surface area contributed by atoms with E-state index in [1.165, 1.54) is 18.1 Å². The summed E-state index contributed by atoms with van der Waals surface area (Å²) >= 11 is 1.06. The topological polar surface area (TPSA) is 95.9 Å². The van der Waals surface area contributed by atoms with Gasteiger partial charge in [-0.15, -0.1) is 0 Å². The molecule has 0 aromatic carbocycles. The summed E-state index contributed by atoms with van der Waals surface area (Å²) in [6, 6.07) is 0. The van der Waals surface area contributed by atoms with Gasteiger partial charge in [0.25, 0.3) is 0 Å². The largest absolute Gasteiger partial charge is 0.465 e. The van der Waals surface area contributed by atoms with E-state index in [0.717, 1.165) is 11.3 Å². The number of carbonyl (C=O) groups excluding carboxylic acids is 1. The van der Waals surface area contributed by atoms with E-state index in [-0.39, 0.29) is 0 Å². The number of rotatable bonds is 2. The summed E-state index contributed by atoms with van der Waals surface area (Å²) in [5.41, 5.74) is 5.97. The van der Waals surface area contributed by atoms with Crippen LogP contribution in [0.1, 0.15) is 9.67 Å². The van der Waals surface area contributed by atoms with Gasteiger partial charge in [0.1, 0.15) is 16.9 Å². The molecule has 84 valence electrons. The molecule has 0 atom stereocenters. The van der Waals surface area contributed by atoms with Crippen LogP contribution in [0.2, 0.25) is 0 Å². The van der Waals surface area contributed by atoms with Crippen LogP contribution in [0.5, 0.6) is 0 Å². The zero-order valence-corrected chi connectivity index (χ0v) is 9.48. The predicted octanol–water partition coefficient (Wildman–Crippen LogP) is 0.307. The smallest absolute Gasteiger partial charge is 0.350 e. The number of aromatic nitrogens is 4. The van der Waals surface area contributed by atoms with Crippen molar-refractivity contribution in [1.82, 2.24) is 19.7 Å². The van der Waals surface area contributed by atoms with Gasteiger partial charge in [-0.05, 0) is 0 Å². The van der Waals surface area contributed by atoms with Crippen molar-refractivity contribution in [3.8, 4) is 11.5 Å². The molecule has 2 heterocycles. The molecule has 0 bridgehead atoms. The maximum atomic E-state index is 11.5. The Morgan fingerprint density at radius 2 is 2.38 bits per heavy atom. The lowest BCUT2D eigenvalue weighted by Crippen LogP contribution is -2.03. The number of thiazole rings is 1. The molecule has 0 radical (unpaired) electrons. The van der Waals surface area contributed by atoms with E-state index < -0.39 is 5.97 Å². The van der Waals surface area contributed by atoms with Crippen molar-refractivity contribution in [3.05, 3.63) is 11.2 Å². The van der Waals surface area contributed by atoms with Crippen molar-refractivity contribution in [2.24, 2.45) is 7.05 Å². The molecule has 0 aliphatic rings. The van der Waals surface area contributed by atoms with Gasteiger partial charge in [-0.25, -0.2) is 19.4 Å². The Kier molecular flexibility index (Phi) is 2.57. The second-order valence-electron chi connectivity index (χ2n) is 2.93. The number of nitrogens with zero attached hydrogens (tertiary/aromatic N) is 4. The first kappa shape index (κ1) is 10.6. The Labute approximate surface area is 94.9 Å². The van der Waals surface area contributed by atoms with Crippen molar-refractivity contribution < 1.29 is 9.53 Å². The Balaban J connectivity index is 2.57. The molecule has 2 N–H and O–H groups in total. The number of aryl methyl sites for hydroxylation is 1. The molecule has 2 aromatic heterocycles. The van der Waals surface area contributed by atoms with Crippen molar-refractivity contribution >= 4 is 22.4 Å². The molecule has 0 saturated heterocycles. The molecule has 2 rings (SSSR count). The number of esters is 1. The number of nitrogens with two attached hydrogens (primary N) is 1. The van der Waals surface area contributed by atoms with E-state index in [4.69, 9.17) is 5.73 Å². The molecule has 16 heavy (non-hydrogen) atoms. The molecule has 8 heteroatoms. The summed E-state index contributed by atoms with van der Waals surface area (Å²) in [6.07, 6.45) is 1.38. The minimum absolute atomic E-state index is 0.290. The van der Waals surface area contributed by atoms with Gasteiger partial charge in [-0.1, -0.05) is 11.3 Å². The van der Waals surface area contributed by atoms with Gasteiger partial charge in [0.05, 0.1) is 7.11 Å². The summed E-state index contributed by atoms with van der Waals surface area (Å²) in [7, 11) is 3.01. The van der Waals surface area contributed by atoms with E-state index in [0.29, 0.717) is 21.5 Å². The molecule has 0 unspecified atom stereocenters. The summed E-state index contributed by atoms with van der Waals surface area (Å²) < 4.78 is 6.16. The average molecular weight is 239 g/mol. The van der Waals surface area contributed by atoms with E-state index in [1.807, 2.05) is 0 Å². The molecule has 0 aliphatic heterocycles. The third kappa shape index (κ3) is 1.63. The quantitative estimate of drug-likeness (QED) is 0.757. The first-order valence-electron chi connectivity index (χ1n) is 4.32. The molecule has 0 spiro atoms. The Morgan fingerprint density at radius 1 is 1.62 bits per heavy atom. The summed E-state index contributed by atoms with van der Waals surface area (Å²) in [5, 5.41) is 4.20. The van der Waals surface area contributed by atoms with Gasteiger partial charge in [-0.2, -0.15) is 5.10 Å². The Hall–Kier alpha value is -1.96. The first-order chi connectivity index (χ1) is 7.63. The Morgan fingerprint density at radius 3 is 2.94 bits per heavy atom. The summed E-state index contributed by atoms with van der Waals surface area (Å²) in [4.78, 5) is 19.9. The van der Waals surface area contributed by atoms with Crippen LogP contribution < -0.4 is 5.73 Å². The lowest BCUT2D eigenvalue weighted by molar-refractivity contribution is 0.0607. The van der Waals surface area contributed by atoms with Crippen molar-refractivity contribution in [3.63, 3.8) is 0 Å². The SMILES string of the molecule is COC(=O)c1sc(N)nc1-c1ncnn1C. The minimum Gasteiger partial charge on any atom is -0.465 e. The van der Waals surface area contributed by atoms with E-state index in [2.05, 4.69) is 19.8 Å². The third-order valence-corrected chi connectivity index (χ3v) is 2.80. The predicted molar refractivity (Wildman–Crippen MR) is 57.9 cm³/mol. The van der Waals surface area contributed by atoms with Crippen molar-refractivity contribution in [1.29, 1.82) is 0 Å². The van der Waals surface area contributed by atoms with Crippen LogP contribution in [0.15, 0.2) is 6.33 Å². The maximum Gasteiger partial charge on any atom is 0.350 e. The Bertz CT molecular complexity index is 532. The van der Waals surface area contributed by atoms with Gasteiger partial charge in [-0.3, -0.25) is 0 Å². The minimum atomic E-state index is -0.479. The fourth-order valence-corrected chi connectivity index (χ4v) is 1.98. The van der Waals surface area contributed by atoms with E-state index >= 15 is 0 Å². The van der Waals surface area contributed by atoms with Gasteiger partial charge < -0.3 is 10.5 Å². The molecular weight excluding hydrogens is 230 g/mol. The molecule has 0 amide bonds. The van der Waals surface area contributed by atoms with Crippen LogP contribution >= 0.6 is 11.3 Å². The summed E-state index contributed by atoms with van der Waals surface area (Å²) in [5.74, 6) is 0.000509. The molecule has 2 aromatic rings. The van der Waals surface area contributed by atoms with Gasteiger partial charge in [0.2, 0.25) is 0 Å². The lowest BCUT2D eigenvalue weighted by atomic mass is 10.3. The zero-order chi connectivity index (χ0) is 11.7. The normalized spacial score (nSPS) is 10.4. The molecule has 0 aliphatic carbocycles. The number of hydrogen-bond acceptors (Lipinski definition) is 7. The first-order valence-corrected chi connectivity index (χ1v) is 5.14. The molecule has 0 saturated carbocycles. The number of anilines is 1. The number of carbonyl (C=O) groups is 1. The van der Waals surface area contributed by atoms with Crippen LogP contribution in [0, 0.1) is 0 Å².